The second-order valence-electron chi connectivity index (χ2n) is 2.99. The first-order chi connectivity index (χ1) is 7.08. The third kappa shape index (κ3) is 1.56. The molecule has 2 rings (SSSR count). The maximum absolute atomic E-state index is 11.0. The Morgan fingerprint density at radius 1 is 1.53 bits per heavy atom. The lowest BCUT2D eigenvalue weighted by Gasteiger charge is -1.90. The van der Waals surface area contributed by atoms with Gasteiger partial charge in [0.15, 0.2) is 11.4 Å². The molecule has 0 aliphatic carbocycles. The Morgan fingerprint density at radius 3 is 2.87 bits per heavy atom. The van der Waals surface area contributed by atoms with Gasteiger partial charge in [0.1, 0.15) is 0 Å². The van der Waals surface area contributed by atoms with E-state index in [-0.39, 0.29) is 11.4 Å². The lowest BCUT2D eigenvalue weighted by molar-refractivity contribution is -0.406. The highest BCUT2D eigenvalue weighted by Gasteiger charge is 2.17. The van der Waals surface area contributed by atoms with E-state index in [1.54, 1.807) is 6.07 Å². The van der Waals surface area contributed by atoms with E-state index >= 15 is 0 Å². The van der Waals surface area contributed by atoms with Gasteiger partial charge in [-0.05, 0) is 25.1 Å². The highest BCUT2D eigenvalue weighted by atomic mass is 16.7. The van der Waals surface area contributed by atoms with Crippen LogP contribution in [0.2, 0.25) is 0 Å². The molecule has 0 aliphatic heterocycles. The highest BCUT2D eigenvalue weighted by Crippen LogP contribution is 2.21. The summed E-state index contributed by atoms with van der Waals surface area (Å²) in [4.78, 5) is 24.3. The molecular formula is C9H6N2O4. The van der Waals surface area contributed by atoms with Crippen LogP contribution >= 0.6 is 0 Å². The van der Waals surface area contributed by atoms with Gasteiger partial charge in [0.05, 0.1) is 0 Å². The van der Waals surface area contributed by atoms with Crippen molar-refractivity contribution in [2.24, 2.45) is 0 Å². The molecule has 0 saturated heterocycles. The first kappa shape index (κ1) is 9.32. The van der Waals surface area contributed by atoms with E-state index in [0.717, 1.165) is 0 Å². The number of ketones is 1. The largest absolute Gasteiger partial charge is 0.546 e. The summed E-state index contributed by atoms with van der Waals surface area (Å²) < 4.78 is 4.86. The van der Waals surface area contributed by atoms with E-state index in [2.05, 4.69) is 4.98 Å². The number of fused-ring (bicyclic) bond motifs is 1. The third-order valence-electron chi connectivity index (χ3n) is 1.94. The molecule has 0 spiro atoms. The molecule has 0 unspecified atom stereocenters. The first-order valence-electron chi connectivity index (χ1n) is 4.14. The van der Waals surface area contributed by atoms with Crippen molar-refractivity contribution in [1.29, 1.82) is 0 Å². The smallest absolute Gasteiger partial charge is 0.381 e. The van der Waals surface area contributed by atoms with E-state index in [4.69, 9.17) is 4.42 Å². The summed E-state index contributed by atoms with van der Waals surface area (Å²) >= 11 is 0. The van der Waals surface area contributed by atoms with Crippen molar-refractivity contribution in [3.05, 3.63) is 33.9 Å². The minimum Gasteiger partial charge on any atom is -0.381 e. The molecule has 1 aromatic carbocycles. The van der Waals surface area contributed by atoms with Crippen LogP contribution in [0.5, 0.6) is 0 Å². The number of Topliss-reactive ketones (excluding diaryl/α,β-unsaturated/α-hetero) is 1. The van der Waals surface area contributed by atoms with Crippen molar-refractivity contribution in [1.82, 2.24) is 4.98 Å². The van der Waals surface area contributed by atoms with Gasteiger partial charge in [-0.1, -0.05) is 0 Å². The molecule has 0 atom stereocenters. The number of carbonyl (C=O) groups excluding carboxylic acids is 1. The number of hydrogen-bond donors (Lipinski definition) is 0. The van der Waals surface area contributed by atoms with Gasteiger partial charge in [-0.25, -0.2) is 0 Å². The van der Waals surface area contributed by atoms with Crippen LogP contribution in [0.25, 0.3) is 11.1 Å². The number of oxazole rings is 1. The lowest BCUT2D eigenvalue weighted by atomic mass is 10.1. The molecule has 0 N–H and O–H groups in total. The summed E-state index contributed by atoms with van der Waals surface area (Å²) in [7, 11) is 0. The van der Waals surface area contributed by atoms with Crippen molar-refractivity contribution in [2.45, 2.75) is 6.92 Å². The highest BCUT2D eigenvalue weighted by molar-refractivity contribution is 5.96. The number of aromatic nitrogens is 1. The SMILES string of the molecule is CC(=O)c1ccc2nc([N+](=O)[O-])oc2c1. The molecule has 15 heavy (non-hydrogen) atoms. The van der Waals surface area contributed by atoms with Crippen LogP contribution in [-0.2, 0) is 0 Å². The zero-order chi connectivity index (χ0) is 11.0. The van der Waals surface area contributed by atoms with Crippen molar-refractivity contribution >= 4 is 22.9 Å². The number of carbonyl (C=O) groups is 1. The topological polar surface area (TPSA) is 86.2 Å². The Balaban J connectivity index is 2.62. The van der Waals surface area contributed by atoms with Gasteiger partial charge in [0, 0.05) is 15.5 Å². The van der Waals surface area contributed by atoms with Crippen molar-refractivity contribution < 1.29 is 14.1 Å². The van der Waals surface area contributed by atoms with E-state index < -0.39 is 10.9 Å². The molecule has 0 bridgehead atoms. The molecule has 0 fully saturated rings. The predicted molar refractivity (Wildman–Crippen MR) is 50.7 cm³/mol. The normalized spacial score (nSPS) is 10.5. The number of nitrogens with zero attached hydrogens (tertiary/aromatic N) is 2. The Bertz CT molecular complexity index is 546. The summed E-state index contributed by atoms with van der Waals surface area (Å²) in [6.07, 6.45) is 0. The van der Waals surface area contributed by atoms with Crippen molar-refractivity contribution in [2.75, 3.05) is 0 Å². The molecule has 1 aromatic heterocycles. The van der Waals surface area contributed by atoms with Gasteiger partial charge >= 0.3 is 6.01 Å². The zero-order valence-corrected chi connectivity index (χ0v) is 7.76. The predicted octanol–water partition coefficient (Wildman–Crippen LogP) is 1.94. The fourth-order valence-electron chi connectivity index (χ4n) is 1.21. The molecular weight excluding hydrogens is 200 g/mol. The molecule has 6 heteroatoms. The Labute approximate surface area is 83.7 Å². The van der Waals surface area contributed by atoms with Gasteiger partial charge < -0.3 is 14.5 Å². The maximum atomic E-state index is 11.0. The minimum absolute atomic E-state index is 0.129. The van der Waals surface area contributed by atoms with Crippen LogP contribution in [0.4, 0.5) is 6.01 Å². The van der Waals surface area contributed by atoms with Gasteiger partial charge in [0.25, 0.3) is 0 Å². The van der Waals surface area contributed by atoms with Crippen molar-refractivity contribution in [3.8, 4) is 0 Å². The monoisotopic (exact) mass is 206 g/mol. The summed E-state index contributed by atoms with van der Waals surface area (Å²) in [6, 6.07) is 3.95. The summed E-state index contributed by atoms with van der Waals surface area (Å²) in [5, 5.41) is 10.4. The first-order valence-corrected chi connectivity index (χ1v) is 4.14. The van der Waals surface area contributed by atoms with Crippen LogP contribution in [0.15, 0.2) is 22.6 Å². The number of rotatable bonds is 2. The second kappa shape index (κ2) is 3.16. The lowest BCUT2D eigenvalue weighted by Crippen LogP contribution is -1.89. The second-order valence-corrected chi connectivity index (χ2v) is 2.99. The Morgan fingerprint density at radius 2 is 2.27 bits per heavy atom. The van der Waals surface area contributed by atoms with Crippen LogP contribution in [0, 0.1) is 10.1 Å². The average molecular weight is 206 g/mol. The van der Waals surface area contributed by atoms with E-state index in [1.807, 2.05) is 0 Å². The Hall–Kier alpha value is -2.24. The zero-order valence-electron chi connectivity index (χ0n) is 7.76. The van der Waals surface area contributed by atoms with Crippen LogP contribution in [0.1, 0.15) is 17.3 Å². The molecule has 0 amide bonds. The fourth-order valence-corrected chi connectivity index (χ4v) is 1.21. The molecule has 6 nitrogen and oxygen atoms in total. The molecule has 2 aromatic rings. The summed E-state index contributed by atoms with van der Waals surface area (Å²) in [6.45, 7) is 1.41. The molecule has 0 radical (unpaired) electrons. The molecule has 76 valence electrons. The average Bonchev–Trinajstić information content (AvgIpc) is 2.59. The standard InChI is InChI=1S/C9H6N2O4/c1-5(12)6-2-3-7-8(4-6)15-9(10-7)11(13)14/h2-4H,1H3. The van der Waals surface area contributed by atoms with E-state index in [1.165, 1.54) is 19.1 Å². The minimum atomic E-state index is -0.715. The third-order valence-corrected chi connectivity index (χ3v) is 1.94. The quantitative estimate of drug-likeness (QED) is 0.425. The molecule has 0 saturated carbocycles. The fraction of sp³-hybridized carbons (Fsp3) is 0.111. The van der Waals surface area contributed by atoms with E-state index in [0.29, 0.717) is 11.1 Å². The number of benzene rings is 1. The van der Waals surface area contributed by atoms with Gasteiger partial charge in [0.2, 0.25) is 5.52 Å². The molecule has 1 heterocycles. The van der Waals surface area contributed by atoms with Crippen LogP contribution in [0.3, 0.4) is 0 Å². The van der Waals surface area contributed by atoms with Gasteiger partial charge in [-0.15, -0.1) is 0 Å². The van der Waals surface area contributed by atoms with Gasteiger partial charge in [-0.2, -0.15) is 0 Å². The van der Waals surface area contributed by atoms with Crippen LogP contribution in [-0.4, -0.2) is 15.7 Å². The van der Waals surface area contributed by atoms with Crippen LogP contribution < -0.4 is 0 Å². The number of nitro groups is 1. The summed E-state index contributed by atoms with van der Waals surface area (Å²) in [5.74, 6) is -0.129. The summed E-state index contributed by atoms with van der Waals surface area (Å²) in [5.41, 5.74) is 1.05. The van der Waals surface area contributed by atoms with E-state index in [9.17, 15) is 14.9 Å². The molecule has 0 aliphatic rings. The maximum Gasteiger partial charge on any atom is 0.546 e. The Kier molecular flexibility index (Phi) is 1.96. The van der Waals surface area contributed by atoms with Crippen molar-refractivity contribution in [3.63, 3.8) is 0 Å². The number of hydrogen-bond acceptors (Lipinski definition) is 5. The van der Waals surface area contributed by atoms with Gasteiger partial charge in [-0.3, -0.25) is 4.79 Å².